The van der Waals surface area contributed by atoms with Crippen LogP contribution in [0.1, 0.15) is 37.0 Å². The molecule has 7 heteroatoms. The molecule has 5 nitrogen and oxygen atoms in total. The Morgan fingerprint density at radius 2 is 2.07 bits per heavy atom. The van der Waals surface area contributed by atoms with Gasteiger partial charge in [0.05, 0.1) is 18.6 Å². The van der Waals surface area contributed by atoms with Gasteiger partial charge < -0.3 is 14.6 Å². The standard InChI is InChI=1S/C20H23FN2O3S/c1-13(2)10-17(19(25)22-11-16-4-3-9-26-16)23-18(24)12-27-20(23)14-5-7-15(21)8-6-14/h3-9,13,17,20H,10-12H2,1-2H3,(H,22,25)/t17-,20+/m0/s1. The van der Waals surface area contributed by atoms with Gasteiger partial charge in [-0.15, -0.1) is 11.8 Å². The fraction of sp³-hybridized carbons (Fsp3) is 0.400. The first-order valence-electron chi connectivity index (χ1n) is 8.94. The van der Waals surface area contributed by atoms with Crippen molar-refractivity contribution in [2.75, 3.05) is 5.75 Å². The van der Waals surface area contributed by atoms with E-state index in [-0.39, 0.29) is 35.5 Å². The number of carbonyl (C=O) groups is 2. The lowest BCUT2D eigenvalue weighted by molar-refractivity contribution is -0.139. The number of rotatable bonds is 7. The van der Waals surface area contributed by atoms with Gasteiger partial charge in [0.25, 0.3) is 0 Å². The summed E-state index contributed by atoms with van der Waals surface area (Å²) in [6.07, 6.45) is 2.10. The lowest BCUT2D eigenvalue weighted by Crippen LogP contribution is -2.49. The highest BCUT2D eigenvalue weighted by Gasteiger charge is 2.41. The predicted octanol–water partition coefficient (Wildman–Crippen LogP) is 3.72. The van der Waals surface area contributed by atoms with Crippen LogP contribution in [0.15, 0.2) is 47.1 Å². The van der Waals surface area contributed by atoms with Gasteiger partial charge in [0.2, 0.25) is 11.8 Å². The van der Waals surface area contributed by atoms with Crippen molar-refractivity contribution in [3.8, 4) is 0 Å². The van der Waals surface area contributed by atoms with E-state index in [0.717, 1.165) is 5.56 Å². The maximum atomic E-state index is 13.3. The minimum Gasteiger partial charge on any atom is -0.467 e. The largest absolute Gasteiger partial charge is 0.467 e. The molecular weight excluding hydrogens is 367 g/mol. The molecule has 144 valence electrons. The summed E-state index contributed by atoms with van der Waals surface area (Å²) in [5.41, 5.74) is 0.819. The first kappa shape index (κ1) is 19.5. The molecule has 1 N–H and O–H groups in total. The molecule has 1 aliphatic rings. The molecule has 2 heterocycles. The first-order valence-corrected chi connectivity index (χ1v) is 9.99. The highest BCUT2D eigenvalue weighted by molar-refractivity contribution is 8.00. The summed E-state index contributed by atoms with van der Waals surface area (Å²) in [5.74, 6) is 0.591. The van der Waals surface area contributed by atoms with Gasteiger partial charge in [-0.1, -0.05) is 26.0 Å². The maximum Gasteiger partial charge on any atom is 0.243 e. The third-order valence-corrected chi connectivity index (χ3v) is 5.64. The molecule has 0 saturated carbocycles. The predicted molar refractivity (Wildman–Crippen MR) is 102 cm³/mol. The average Bonchev–Trinajstić information content (AvgIpc) is 3.28. The zero-order chi connectivity index (χ0) is 19.4. The van der Waals surface area contributed by atoms with E-state index in [1.165, 1.54) is 23.9 Å². The van der Waals surface area contributed by atoms with Crippen LogP contribution in [0, 0.1) is 11.7 Å². The number of hydrogen-bond donors (Lipinski definition) is 1. The third-order valence-electron chi connectivity index (χ3n) is 4.41. The van der Waals surface area contributed by atoms with Crippen LogP contribution < -0.4 is 5.32 Å². The Hall–Kier alpha value is -2.28. The summed E-state index contributed by atoms with van der Waals surface area (Å²) < 4.78 is 18.5. The Bertz CT molecular complexity index is 777. The quantitative estimate of drug-likeness (QED) is 0.783. The van der Waals surface area contributed by atoms with Crippen molar-refractivity contribution in [2.24, 2.45) is 5.92 Å². The van der Waals surface area contributed by atoms with E-state index in [1.54, 1.807) is 35.4 Å². The topological polar surface area (TPSA) is 62.6 Å². The van der Waals surface area contributed by atoms with E-state index in [2.05, 4.69) is 5.32 Å². The molecule has 0 spiro atoms. The third kappa shape index (κ3) is 4.71. The minimum absolute atomic E-state index is 0.0758. The number of hydrogen-bond acceptors (Lipinski definition) is 4. The van der Waals surface area contributed by atoms with Crippen LogP contribution in [0.2, 0.25) is 0 Å². The first-order chi connectivity index (χ1) is 13.0. The van der Waals surface area contributed by atoms with E-state index in [0.29, 0.717) is 17.9 Å². The average molecular weight is 390 g/mol. The van der Waals surface area contributed by atoms with Crippen LogP contribution >= 0.6 is 11.8 Å². The molecule has 1 fully saturated rings. The Balaban J connectivity index is 1.81. The molecular formula is C20H23FN2O3S. The summed E-state index contributed by atoms with van der Waals surface area (Å²) in [5, 5.41) is 2.58. The molecule has 0 unspecified atom stereocenters. The van der Waals surface area contributed by atoms with Gasteiger partial charge in [-0.05, 0) is 42.2 Å². The summed E-state index contributed by atoms with van der Waals surface area (Å²) in [4.78, 5) is 27.2. The maximum absolute atomic E-state index is 13.3. The fourth-order valence-electron chi connectivity index (χ4n) is 3.16. The van der Waals surface area contributed by atoms with Crippen LogP contribution in [0.4, 0.5) is 4.39 Å². The van der Waals surface area contributed by atoms with Crippen molar-refractivity contribution < 1.29 is 18.4 Å². The van der Waals surface area contributed by atoms with Gasteiger partial charge in [-0.25, -0.2) is 4.39 Å². The normalized spacial score (nSPS) is 18.1. The van der Waals surface area contributed by atoms with Crippen molar-refractivity contribution in [3.05, 3.63) is 59.8 Å². The van der Waals surface area contributed by atoms with Crippen LogP contribution in [-0.2, 0) is 16.1 Å². The Morgan fingerprint density at radius 1 is 1.33 bits per heavy atom. The van der Waals surface area contributed by atoms with Crippen LogP contribution in [-0.4, -0.2) is 28.5 Å². The lowest BCUT2D eigenvalue weighted by Gasteiger charge is -2.33. The molecule has 0 radical (unpaired) electrons. The van der Waals surface area contributed by atoms with Gasteiger partial charge in [0, 0.05) is 0 Å². The van der Waals surface area contributed by atoms with Crippen LogP contribution in [0.3, 0.4) is 0 Å². The Morgan fingerprint density at radius 3 is 2.70 bits per heavy atom. The van der Waals surface area contributed by atoms with Gasteiger partial charge in [-0.2, -0.15) is 0 Å². The highest BCUT2D eigenvalue weighted by Crippen LogP contribution is 2.41. The van der Waals surface area contributed by atoms with Crippen molar-refractivity contribution in [1.82, 2.24) is 10.2 Å². The highest BCUT2D eigenvalue weighted by atomic mass is 32.2. The van der Waals surface area contributed by atoms with E-state index in [4.69, 9.17) is 4.42 Å². The second kappa shape index (κ2) is 8.61. The molecule has 0 aliphatic carbocycles. The zero-order valence-corrected chi connectivity index (χ0v) is 16.2. The smallest absolute Gasteiger partial charge is 0.243 e. The van der Waals surface area contributed by atoms with Gasteiger partial charge in [0.15, 0.2) is 0 Å². The van der Waals surface area contributed by atoms with Crippen molar-refractivity contribution >= 4 is 23.6 Å². The number of nitrogens with zero attached hydrogens (tertiary/aromatic N) is 1. The van der Waals surface area contributed by atoms with Gasteiger partial charge in [-0.3, -0.25) is 9.59 Å². The van der Waals surface area contributed by atoms with E-state index < -0.39 is 6.04 Å². The summed E-state index contributed by atoms with van der Waals surface area (Å²) in [6, 6.07) is 9.07. The number of benzene rings is 1. The van der Waals surface area contributed by atoms with Crippen molar-refractivity contribution in [3.63, 3.8) is 0 Å². The number of carbonyl (C=O) groups excluding carboxylic acids is 2. The Kier molecular flexibility index (Phi) is 6.21. The molecule has 27 heavy (non-hydrogen) atoms. The SMILES string of the molecule is CC(C)C[C@@H](C(=O)NCc1ccco1)N1C(=O)CS[C@@H]1c1ccc(F)cc1. The molecule has 1 saturated heterocycles. The molecule has 2 amide bonds. The fourth-order valence-corrected chi connectivity index (χ4v) is 4.38. The number of nitrogens with one attached hydrogen (secondary N) is 1. The molecule has 1 aromatic carbocycles. The summed E-state index contributed by atoms with van der Waals surface area (Å²) in [6.45, 7) is 4.32. The van der Waals surface area contributed by atoms with Crippen LogP contribution in [0.25, 0.3) is 0 Å². The Labute approximate surface area is 162 Å². The number of amides is 2. The van der Waals surface area contributed by atoms with Crippen LogP contribution in [0.5, 0.6) is 0 Å². The molecule has 2 atom stereocenters. The van der Waals surface area contributed by atoms with E-state index in [1.807, 2.05) is 13.8 Å². The second-order valence-corrected chi connectivity index (χ2v) is 8.03. The number of furan rings is 1. The van der Waals surface area contributed by atoms with E-state index in [9.17, 15) is 14.0 Å². The molecule has 1 aromatic heterocycles. The lowest BCUT2D eigenvalue weighted by atomic mass is 10.0. The van der Waals surface area contributed by atoms with E-state index >= 15 is 0 Å². The summed E-state index contributed by atoms with van der Waals surface area (Å²) in [7, 11) is 0. The molecule has 2 aromatic rings. The number of halogens is 1. The second-order valence-electron chi connectivity index (χ2n) is 6.96. The van der Waals surface area contributed by atoms with Crippen molar-refractivity contribution in [2.45, 2.75) is 38.2 Å². The van der Waals surface area contributed by atoms with Gasteiger partial charge >= 0.3 is 0 Å². The molecule has 0 bridgehead atoms. The minimum atomic E-state index is -0.586. The summed E-state index contributed by atoms with van der Waals surface area (Å²) >= 11 is 1.46. The monoisotopic (exact) mass is 390 g/mol. The van der Waals surface area contributed by atoms with Gasteiger partial charge in [0.1, 0.15) is 23.0 Å². The van der Waals surface area contributed by atoms with Crippen molar-refractivity contribution in [1.29, 1.82) is 0 Å². The number of thioether (sulfide) groups is 1. The molecule has 1 aliphatic heterocycles. The zero-order valence-electron chi connectivity index (χ0n) is 15.4. The molecule has 3 rings (SSSR count).